The molecule has 0 aromatic heterocycles. The normalized spacial score (nSPS) is 18.5. The van der Waals surface area contributed by atoms with Gasteiger partial charge in [-0.15, -0.1) is 0 Å². The van der Waals surface area contributed by atoms with Gasteiger partial charge in [-0.05, 0) is 30.9 Å². The Morgan fingerprint density at radius 1 is 1.41 bits per heavy atom. The summed E-state index contributed by atoms with van der Waals surface area (Å²) >= 11 is 0. The highest BCUT2D eigenvalue weighted by molar-refractivity contribution is 5.74. The number of halogens is 1. The Hall–Kier alpha value is -1.82. The zero-order valence-electron chi connectivity index (χ0n) is 12.7. The average Bonchev–Trinajstić information content (AvgIpc) is 2.52. The fourth-order valence-corrected chi connectivity index (χ4v) is 2.88. The second-order valence-electron chi connectivity index (χ2n) is 5.99. The van der Waals surface area contributed by atoms with Crippen molar-refractivity contribution < 1.29 is 18.7 Å². The summed E-state index contributed by atoms with van der Waals surface area (Å²) in [6.07, 6.45) is 2.06. The third-order valence-electron chi connectivity index (χ3n) is 4.25. The number of piperidine rings is 1. The Labute approximate surface area is 129 Å². The van der Waals surface area contributed by atoms with E-state index in [4.69, 9.17) is 9.47 Å². The summed E-state index contributed by atoms with van der Waals surface area (Å²) in [4.78, 5) is 14.0. The smallest absolute Gasteiger partial charge is 0.317 e. The third-order valence-corrected chi connectivity index (χ3v) is 4.25. The first kappa shape index (κ1) is 15.1. The summed E-state index contributed by atoms with van der Waals surface area (Å²) in [6.45, 7) is 4.50. The number of hydrogen-bond donors (Lipinski definition) is 1. The Morgan fingerprint density at radius 2 is 2.18 bits per heavy atom. The van der Waals surface area contributed by atoms with Gasteiger partial charge in [0.2, 0.25) is 0 Å². The molecule has 0 unspecified atom stereocenters. The molecule has 0 aliphatic carbocycles. The number of rotatable bonds is 2. The van der Waals surface area contributed by atoms with Gasteiger partial charge in [0.15, 0.2) is 6.79 Å². The van der Waals surface area contributed by atoms with Crippen molar-refractivity contribution in [2.45, 2.75) is 32.9 Å². The van der Waals surface area contributed by atoms with E-state index in [2.05, 4.69) is 12.2 Å². The minimum absolute atomic E-state index is 0.100. The van der Waals surface area contributed by atoms with E-state index in [9.17, 15) is 9.18 Å². The van der Waals surface area contributed by atoms with E-state index in [1.165, 1.54) is 12.1 Å². The Kier molecular flexibility index (Phi) is 4.47. The van der Waals surface area contributed by atoms with Gasteiger partial charge in [0.05, 0.1) is 6.61 Å². The summed E-state index contributed by atoms with van der Waals surface area (Å²) in [7, 11) is 0. The molecule has 1 saturated heterocycles. The van der Waals surface area contributed by atoms with Gasteiger partial charge in [-0.25, -0.2) is 9.18 Å². The molecule has 1 aromatic rings. The first-order chi connectivity index (χ1) is 10.6. The molecule has 2 aliphatic rings. The van der Waals surface area contributed by atoms with Gasteiger partial charge in [-0.3, -0.25) is 0 Å². The maximum Gasteiger partial charge on any atom is 0.317 e. The summed E-state index contributed by atoms with van der Waals surface area (Å²) in [5.41, 5.74) is 1.33. The molecule has 22 heavy (non-hydrogen) atoms. The number of nitrogens with one attached hydrogen (secondary N) is 1. The fraction of sp³-hybridized carbons (Fsp3) is 0.562. The molecule has 0 atom stereocenters. The van der Waals surface area contributed by atoms with E-state index < -0.39 is 0 Å². The standard InChI is InChI=1S/C16H21FN2O3/c1-11-2-4-19(5-3-11)16(20)18-8-12-6-14(17)7-13-9-21-10-22-15(12)13/h6-7,11H,2-5,8-10H2,1H3,(H,18,20). The Morgan fingerprint density at radius 3 is 2.95 bits per heavy atom. The number of likely N-dealkylation sites (tertiary alicyclic amines) is 1. The first-order valence-electron chi connectivity index (χ1n) is 7.68. The Balaban J connectivity index is 1.64. The number of ether oxygens (including phenoxy) is 2. The highest BCUT2D eigenvalue weighted by Crippen LogP contribution is 2.29. The lowest BCUT2D eigenvalue weighted by Gasteiger charge is -2.30. The van der Waals surface area contributed by atoms with Crippen LogP contribution in [0.4, 0.5) is 9.18 Å². The van der Waals surface area contributed by atoms with Crippen molar-refractivity contribution in [3.63, 3.8) is 0 Å². The predicted molar refractivity (Wildman–Crippen MR) is 78.9 cm³/mol. The minimum atomic E-state index is -0.344. The number of hydrogen-bond acceptors (Lipinski definition) is 3. The van der Waals surface area contributed by atoms with Crippen molar-refractivity contribution in [3.05, 3.63) is 29.1 Å². The van der Waals surface area contributed by atoms with Gasteiger partial charge < -0.3 is 19.7 Å². The number of carbonyl (C=O) groups is 1. The molecule has 0 saturated carbocycles. The summed E-state index contributed by atoms with van der Waals surface area (Å²) < 4.78 is 24.2. The van der Waals surface area contributed by atoms with E-state index in [-0.39, 0.29) is 25.2 Å². The van der Waals surface area contributed by atoms with Crippen LogP contribution in [-0.2, 0) is 17.9 Å². The lowest BCUT2D eigenvalue weighted by molar-refractivity contribution is -0.0173. The van der Waals surface area contributed by atoms with Crippen molar-refractivity contribution in [3.8, 4) is 5.75 Å². The lowest BCUT2D eigenvalue weighted by atomic mass is 10.00. The largest absolute Gasteiger partial charge is 0.467 e. The second-order valence-corrected chi connectivity index (χ2v) is 5.99. The van der Waals surface area contributed by atoms with Crippen molar-refractivity contribution in [1.82, 2.24) is 10.2 Å². The van der Waals surface area contributed by atoms with Crippen LogP contribution in [0, 0.1) is 11.7 Å². The highest BCUT2D eigenvalue weighted by Gasteiger charge is 2.21. The molecule has 2 heterocycles. The van der Waals surface area contributed by atoms with Crippen LogP contribution in [0.1, 0.15) is 30.9 Å². The molecule has 6 heteroatoms. The van der Waals surface area contributed by atoms with E-state index in [0.717, 1.165) is 25.9 Å². The third kappa shape index (κ3) is 3.32. The van der Waals surface area contributed by atoms with E-state index in [1.807, 2.05) is 4.90 Å². The molecule has 1 N–H and O–H groups in total. The van der Waals surface area contributed by atoms with Crippen LogP contribution in [0.3, 0.4) is 0 Å². The van der Waals surface area contributed by atoms with E-state index in [0.29, 0.717) is 29.4 Å². The van der Waals surface area contributed by atoms with Gasteiger partial charge in [0, 0.05) is 30.8 Å². The average molecular weight is 308 g/mol. The molecular weight excluding hydrogens is 287 g/mol. The predicted octanol–water partition coefficient (Wildman–Crippen LogP) is 2.63. The van der Waals surface area contributed by atoms with Gasteiger partial charge in [0.25, 0.3) is 0 Å². The molecule has 5 nitrogen and oxygen atoms in total. The summed E-state index contributed by atoms with van der Waals surface area (Å²) in [5.74, 6) is 0.955. The number of fused-ring (bicyclic) bond motifs is 1. The van der Waals surface area contributed by atoms with E-state index >= 15 is 0 Å². The molecule has 0 bridgehead atoms. The van der Waals surface area contributed by atoms with Gasteiger partial charge >= 0.3 is 6.03 Å². The maximum atomic E-state index is 13.6. The number of nitrogens with zero attached hydrogens (tertiary/aromatic N) is 1. The SMILES string of the molecule is CC1CCN(C(=O)NCc2cc(F)cc3c2OCOC3)CC1. The van der Waals surface area contributed by atoms with Crippen molar-refractivity contribution >= 4 is 6.03 Å². The molecule has 2 amide bonds. The van der Waals surface area contributed by atoms with Crippen LogP contribution < -0.4 is 10.1 Å². The summed E-state index contributed by atoms with van der Waals surface area (Å²) in [5, 5.41) is 2.86. The van der Waals surface area contributed by atoms with Crippen LogP contribution in [0.2, 0.25) is 0 Å². The number of carbonyl (C=O) groups excluding carboxylic acids is 1. The first-order valence-corrected chi connectivity index (χ1v) is 7.68. The number of benzene rings is 1. The molecule has 0 radical (unpaired) electrons. The minimum Gasteiger partial charge on any atom is -0.467 e. The quantitative estimate of drug-likeness (QED) is 0.914. The van der Waals surface area contributed by atoms with Gasteiger partial charge in [-0.1, -0.05) is 6.92 Å². The second kappa shape index (κ2) is 6.52. The molecule has 1 fully saturated rings. The monoisotopic (exact) mass is 308 g/mol. The maximum absolute atomic E-state index is 13.6. The highest BCUT2D eigenvalue weighted by atomic mass is 19.1. The number of urea groups is 1. The van der Waals surface area contributed by atoms with Gasteiger partial charge in [-0.2, -0.15) is 0 Å². The van der Waals surface area contributed by atoms with Crippen LogP contribution in [0.5, 0.6) is 5.75 Å². The topological polar surface area (TPSA) is 50.8 Å². The molecule has 1 aromatic carbocycles. The zero-order valence-corrected chi connectivity index (χ0v) is 12.7. The van der Waals surface area contributed by atoms with E-state index in [1.54, 1.807) is 0 Å². The molecule has 120 valence electrons. The molecule has 0 spiro atoms. The Bertz CT molecular complexity index is 557. The molecule has 3 rings (SSSR count). The zero-order chi connectivity index (χ0) is 15.5. The van der Waals surface area contributed by atoms with Crippen LogP contribution >= 0.6 is 0 Å². The van der Waals surface area contributed by atoms with Crippen molar-refractivity contribution in [2.75, 3.05) is 19.9 Å². The fourth-order valence-electron chi connectivity index (χ4n) is 2.88. The van der Waals surface area contributed by atoms with Crippen LogP contribution in [-0.4, -0.2) is 30.8 Å². The van der Waals surface area contributed by atoms with Crippen molar-refractivity contribution in [2.24, 2.45) is 5.92 Å². The summed E-state index contributed by atoms with van der Waals surface area (Å²) in [6, 6.07) is 2.71. The van der Waals surface area contributed by atoms with Crippen LogP contribution in [0.25, 0.3) is 0 Å². The molecular formula is C16H21FN2O3. The van der Waals surface area contributed by atoms with Gasteiger partial charge in [0.1, 0.15) is 11.6 Å². The van der Waals surface area contributed by atoms with Crippen molar-refractivity contribution in [1.29, 1.82) is 0 Å². The number of amides is 2. The lowest BCUT2D eigenvalue weighted by Crippen LogP contribution is -2.43. The van der Waals surface area contributed by atoms with Crippen LogP contribution in [0.15, 0.2) is 12.1 Å². The molecule has 2 aliphatic heterocycles.